The molecule has 1 aromatic rings. The van der Waals surface area contributed by atoms with Crippen LogP contribution in [0.1, 0.15) is 35.7 Å². The number of carboxylic acids is 1. The number of carboxylic acid groups (broad SMARTS) is 1. The summed E-state index contributed by atoms with van der Waals surface area (Å²) in [5.41, 5.74) is 1.37. The zero-order valence-corrected chi connectivity index (χ0v) is 13.6. The second-order valence-electron chi connectivity index (χ2n) is 5.66. The number of benzene rings is 1. The van der Waals surface area contributed by atoms with E-state index in [4.69, 9.17) is 16.7 Å². The zero-order valence-electron chi connectivity index (χ0n) is 12.8. The third kappa shape index (κ3) is 3.78. The lowest BCUT2D eigenvalue weighted by atomic mass is 9.85. The average Bonchev–Trinajstić information content (AvgIpc) is 2.42. The Morgan fingerprint density at radius 1 is 1.41 bits per heavy atom. The molecular weight excluding hydrogens is 304 g/mol. The minimum atomic E-state index is -0.816. The van der Waals surface area contributed by atoms with E-state index in [-0.39, 0.29) is 24.5 Å². The zero-order chi connectivity index (χ0) is 16.3. The van der Waals surface area contributed by atoms with Crippen LogP contribution in [-0.2, 0) is 4.79 Å². The molecule has 1 aliphatic rings. The third-order valence-corrected chi connectivity index (χ3v) is 4.63. The maximum Gasteiger partial charge on any atom is 0.317 e. The van der Waals surface area contributed by atoms with Gasteiger partial charge < -0.3 is 10.4 Å². The van der Waals surface area contributed by atoms with Crippen molar-refractivity contribution in [3.05, 3.63) is 34.3 Å². The van der Waals surface area contributed by atoms with Gasteiger partial charge in [-0.2, -0.15) is 0 Å². The quantitative estimate of drug-likeness (QED) is 0.842. The molecule has 1 saturated carbocycles. The first-order valence-corrected chi connectivity index (χ1v) is 7.82. The molecule has 1 aliphatic carbocycles. The first-order valence-electron chi connectivity index (χ1n) is 7.44. The lowest BCUT2D eigenvalue weighted by molar-refractivity contribution is -0.139. The van der Waals surface area contributed by atoms with Crippen molar-refractivity contribution in [2.75, 3.05) is 13.1 Å². The molecule has 1 aromatic carbocycles. The molecule has 0 aliphatic heterocycles. The summed E-state index contributed by atoms with van der Waals surface area (Å²) < 4.78 is 0. The minimum Gasteiger partial charge on any atom is -0.480 e. The fourth-order valence-corrected chi connectivity index (χ4v) is 2.97. The highest BCUT2D eigenvalue weighted by Crippen LogP contribution is 2.26. The van der Waals surface area contributed by atoms with Gasteiger partial charge in [-0.05, 0) is 44.0 Å². The van der Waals surface area contributed by atoms with E-state index in [0.717, 1.165) is 18.4 Å². The van der Waals surface area contributed by atoms with Crippen LogP contribution in [0.4, 0.5) is 0 Å². The van der Waals surface area contributed by atoms with Crippen molar-refractivity contribution >= 4 is 23.5 Å². The lowest BCUT2D eigenvalue weighted by Crippen LogP contribution is -2.54. The Balaban J connectivity index is 1.88. The molecule has 0 radical (unpaired) electrons. The summed E-state index contributed by atoms with van der Waals surface area (Å²) in [6.45, 7) is 4.52. The van der Waals surface area contributed by atoms with Crippen molar-refractivity contribution in [3.63, 3.8) is 0 Å². The highest BCUT2D eigenvalue weighted by Gasteiger charge is 2.34. The van der Waals surface area contributed by atoms with Crippen LogP contribution in [0.5, 0.6) is 0 Å². The van der Waals surface area contributed by atoms with Crippen molar-refractivity contribution in [1.82, 2.24) is 10.2 Å². The van der Waals surface area contributed by atoms with Crippen LogP contribution in [0.25, 0.3) is 0 Å². The van der Waals surface area contributed by atoms with Crippen molar-refractivity contribution < 1.29 is 14.7 Å². The summed E-state index contributed by atoms with van der Waals surface area (Å²) in [6.07, 6.45) is 1.57. The van der Waals surface area contributed by atoms with Crippen LogP contribution in [0.15, 0.2) is 18.2 Å². The Morgan fingerprint density at radius 3 is 2.68 bits per heavy atom. The summed E-state index contributed by atoms with van der Waals surface area (Å²) in [5, 5.41) is 12.4. The van der Waals surface area contributed by atoms with Gasteiger partial charge in [0.05, 0.1) is 6.54 Å². The fraction of sp³-hybridized carbons (Fsp3) is 0.500. The molecule has 0 saturated heterocycles. The SMILES string of the molecule is CCN(CC(=O)O)C1CC(NC(=O)c2cccc(Cl)c2C)C1. The lowest BCUT2D eigenvalue weighted by Gasteiger charge is -2.42. The molecule has 2 rings (SSSR count). The van der Waals surface area contributed by atoms with Gasteiger partial charge in [-0.3, -0.25) is 14.5 Å². The normalized spacial score (nSPS) is 20.5. The van der Waals surface area contributed by atoms with Gasteiger partial charge in [0.1, 0.15) is 0 Å². The number of aliphatic carboxylic acids is 1. The topological polar surface area (TPSA) is 69.6 Å². The Bertz CT molecular complexity index is 571. The van der Waals surface area contributed by atoms with E-state index in [1.807, 2.05) is 18.7 Å². The van der Waals surface area contributed by atoms with Crippen LogP contribution in [0.3, 0.4) is 0 Å². The van der Waals surface area contributed by atoms with Gasteiger partial charge in [0.25, 0.3) is 5.91 Å². The van der Waals surface area contributed by atoms with Gasteiger partial charge in [-0.25, -0.2) is 0 Å². The molecule has 2 N–H and O–H groups in total. The highest BCUT2D eigenvalue weighted by atomic mass is 35.5. The van der Waals surface area contributed by atoms with Crippen molar-refractivity contribution in [2.24, 2.45) is 0 Å². The molecule has 6 heteroatoms. The van der Waals surface area contributed by atoms with E-state index >= 15 is 0 Å². The largest absolute Gasteiger partial charge is 0.480 e. The Morgan fingerprint density at radius 2 is 2.09 bits per heavy atom. The molecule has 0 heterocycles. The van der Waals surface area contributed by atoms with Gasteiger partial charge in [-0.15, -0.1) is 0 Å². The average molecular weight is 325 g/mol. The standard InChI is InChI=1S/C16H21ClN2O3/c1-3-19(9-15(20)21)12-7-11(8-12)18-16(22)13-5-4-6-14(17)10(13)2/h4-6,11-12H,3,7-9H2,1-2H3,(H,18,22)(H,20,21). The number of amides is 1. The molecule has 0 atom stereocenters. The number of nitrogens with zero attached hydrogens (tertiary/aromatic N) is 1. The second kappa shape index (κ2) is 7.11. The van der Waals surface area contributed by atoms with Crippen LogP contribution in [-0.4, -0.2) is 47.1 Å². The number of carbonyl (C=O) groups is 2. The van der Waals surface area contributed by atoms with Gasteiger partial charge in [0.2, 0.25) is 0 Å². The third-order valence-electron chi connectivity index (χ3n) is 4.22. The van der Waals surface area contributed by atoms with E-state index < -0.39 is 5.97 Å². The predicted molar refractivity (Wildman–Crippen MR) is 85.3 cm³/mol. The Hall–Kier alpha value is -1.59. The Kier molecular flexibility index (Phi) is 5.42. The van der Waals surface area contributed by atoms with Crippen LogP contribution in [0.2, 0.25) is 5.02 Å². The van der Waals surface area contributed by atoms with Crippen LogP contribution >= 0.6 is 11.6 Å². The molecule has 0 spiro atoms. The van der Waals surface area contributed by atoms with Crippen LogP contribution < -0.4 is 5.32 Å². The molecule has 22 heavy (non-hydrogen) atoms. The summed E-state index contributed by atoms with van der Waals surface area (Å²) in [4.78, 5) is 25.0. The van der Waals surface area contributed by atoms with Gasteiger partial charge in [0.15, 0.2) is 0 Å². The summed E-state index contributed by atoms with van der Waals surface area (Å²) in [5.74, 6) is -0.936. The molecule has 120 valence electrons. The number of nitrogens with one attached hydrogen (secondary N) is 1. The number of carbonyl (C=O) groups excluding carboxylic acids is 1. The number of hydrogen-bond donors (Lipinski definition) is 2. The number of hydrogen-bond acceptors (Lipinski definition) is 3. The van der Waals surface area contributed by atoms with E-state index in [2.05, 4.69) is 5.32 Å². The first kappa shape index (κ1) is 16.8. The van der Waals surface area contributed by atoms with Crippen molar-refractivity contribution in [1.29, 1.82) is 0 Å². The maximum absolute atomic E-state index is 12.3. The molecule has 0 bridgehead atoms. The summed E-state index contributed by atoms with van der Waals surface area (Å²) in [7, 11) is 0. The second-order valence-corrected chi connectivity index (χ2v) is 6.07. The van der Waals surface area contributed by atoms with Crippen LogP contribution in [0, 0.1) is 6.92 Å². The monoisotopic (exact) mass is 324 g/mol. The molecular formula is C16H21ClN2O3. The molecule has 0 aromatic heterocycles. The molecule has 0 unspecified atom stereocenters. The smallest absolute Gasteiger partial charge is 0.317 e. The summed E-state index contributed by atoms with van der Waals surface area (Å²) >= 11 is 6.03. The highest BCUT2D eigenvalue weighted by molar-refractivity contribution is 6.31. The molecule has 1 amide bonds. The molecule has 1 fully saturated rings. The number of rotatable bonds is 6. The minimum absolute atomic E-state index is 0.0508. The summed E-state index contributed by atoms with van der Waals surface area (Å²) in [6, 6.07) is 5.61. The maximum atomic E-state index is 12.3. The van der Waals surface area contributed by atoms with E-state index in [0.29, 0.717) is 17.1 Å². The van der Waals surface area contributed by atoms with Gasteiger partial charge >= 0.3 is 5.97 Å². The van der Waals surface area contributed by atoms with E-state index in [9.17, 15) is 9.59 Å². The van der Waals surface area contributed by atoms with Gasteiger partial charge in [0, 0.05) is 22.7 Å². The first-order chi connectivity index (χ1) is 10.4. The number of halogens is 1. The van der Waals surface area contributed by atoms with Gasteiger partial charge in [-0.1, -0.05) is 24.6 Å². The fourth-order valence-electron chi connectivity index (χ4n) is 2.79. The predicted octanol–water partition coefficient (Wildman–Crippen LogP) is 2.32. The van der Waals surface area contributed by atoms with Crippen molar-refractivity contribution in [3.8, 4) is 0 Å². The van der Waals surface area contributed by atoms with E-state index in [1.54, 1.807) is 18.2 Å². The molecule has 5 nitrogen and oxygen atoms in total. The number of likely N-dealkylation sites (N-methyl/N-ethyl adjacent to an activating group) is 1. The van der Waals surface area contributed by atoms with E-state index in [1.165, 1.54) is 0 Å². The Labute approximate surface area is 135 Å². The van der Waals surface area contributed by atoms with Crippen molar-refractivity contribution in [2.45, 2.75) is 38.8 Å².